The smallest absolute Gasteiger partial charge is 0.0720 e. The summed E-state index contributed by atoms with van der Waals surface area (Å²) in [6, 6.07) is 8.51. The molecule has 0 fully saturated rings. The molecule has 0 atom stereocenters. The van der Waals surface area contributed by atoms with Crippen LogP contribution in [0, 0.1) is 5.92 Å². The van der Waals surface area contributed by atoms with Gasteiger partial charge in [0, 0.05) is 13.2 Å². The van der Waals surface area contributed by atoms with Crippen LogP contribution in [0.3, 0.4) is 0 Å². The molecular formula is C15H25NO. The second kappa shape index (κ2) is 8.26. The largest absolute Gasteiger partial charge is 0.377 e. The van der Waals surface area contributed by atoms with Crippen LogP contribution in [0.1, 0.15) is 38.3 Å². The van der Waals surface area contributed by atoms with Crippen molar-refractivity contribution in [1.29, 1.82) is 0 Å². The van der Waals surface area contributed by atoms with Crippen molar-refractivity contribution in [2.45, 2.75) is 40.3 Å². The van der Waals surface area contributed by atoms with E-state index in [4.69, 9.17) is 4.74 Å². The molecule has 0 heterocycles. The Bertz CT molecular complexity index is 310. The second-order valence-electron chi connectivity index (χ2n) is 4.85. The molecule has 1 aromatic rings. The van der Waals surface area contributed by atoms with E-state index >= 15 is 0 Å². The van der Waals surface area contributed by atoms with E-state index < -0.39 is 0 Å². The predicted octanol–water partition coefficient (Wildman–Crippen LogP) is 3.36. The Morgan fingerprint density at radius 2 is 1.88 bits per heavy atom. The maximum Gasteiger partial charge on any atom is 0.0720 e. The average Bonchev–Trinajstić information content (AvgIpc) is 2.31. The number of ether oxygens (including phenoxy) is 1. The number of benzene rings is 1. The molecular weight excluding hydrogens is 210 g/mol. The van der Waals surface area contributed by atoms with Gasteiger partial charge in [-0.3, -0.25) is 0 Å². The van der Waals surface area contributed by atoms with Crippen LogP contribution in [-0.2, 0) is 17.9 Å². The number of rotatable bonds is 8. The van der Waals surface area contributed by atoms with E-state index in [2.05, 4.69) is 50.4 Å². The molecule has 0 saturated heterocycles. The summed E-state index contributed by atoms with van der Waals surface area (Å²) in [5, 5.41) is 3.48. The molecule has 2 nitrogen and oxygen atoms in total. The molecule has 0 aliphatic rings. The van der Waals surface area contributed by atoms with Crippen LogP contribution in [0.4, 0.5) is 0 Å². The summed E-state index contributed by atoms with van der Waals surface area (Å²) >= 11 is 0. The topological polar surface area (TPSA) is 21.3 Å². The summed E-state index contributed by atoms with van der Waals surface area (Å²) in [5.74, 6) is 0.693. The van der Waals surface area contributed by atoms with Crippen LogP contribution in [0.2, 0.25) is 0 Å². The molecule has 2 heteroatoms. The lowest BCUT2D eigenvalue weighted by Gasteiger charge is -2.12. The molecule has 0 aliphatic carbocycles. The van der Waals surface area contributed by atoms with Gasteiger partial charge < -0.3 is 10.1 Å². The third-order valence-electron chi connectivity index (χ3n) is 2.59. The van der Waals surface area contributed by atoms with E-state index in [9.17, 15) is 0 Å². The third kappa shape index (κ3) is 5.85. The Hall–Kier alpha value is -0.860. The molecule has 1 N–H and O–H groups in total. The van der Waals surface area contributed by atoms with Gasteiger partial charge >= 0.3 is 0 Å². The van der Waals surface area contributed by atoms with Crippen LogP contribution in [0.25, 0.3) is 0 Å². The van der Waals surface area contributed by atoms with Gasteiger partial charge in [0.25, 0.3) is 0 Å². The summed E-state index contributed by atoms with van der Waals surface area (Å²) in [7, 11) is 0. The summed E-state index contributed by atoms with van der Waals surface area (Å²) in [6.45, 7) is 10.2. The zero-order valence-electron chi connectivity index (χ0n) is 11.3. The molecule has 0 saturated carbocycles. The normalized spacial score (nSPS) is 11.1. The van der Waals surface area contributed by atoms with Crippen LogP contribution in [0.5, 0.6) is 0 Å². The van der Waals surface area contributed by atoms with E-state index in [0.717, 1.165) is 32.7 Å². The lowest BCUT2D eigenvalue weighted by molar-refractivity contribution is 0.121. The Labute approximate surface area is 105 Å². The van der Waals surface area contributed by atoms with E-state index in [1.807, 2.05) is 0 Å². The molecule has 0 unspecified atom stereocenters. The minimum atomic E-state index is 0.693. The van der Waals surface area contributed by atoms with Gasteiger partial charge in [0.05, 0.1) is 6.61 Å². The molecule has 0 amide bonds. The summed E-state index contributed by atoms with van der Waals surface area (Å²) in [4.78, 5) is 0. The first-order valence-electron chi connectivity index (χ1n) is 6.59. The van der Waals surface area contributed by atoms with Crippen molar-refractivity contribution in [3.8, 4) is 0 Å². The van der Waals surface area contributed by atoms with Crippen molar-refractivity contribution in [3.63, 3.8) is 0 Å². The van der Waals surface area contributed by atoms with Gasteiger partial charge in [0.15, 0.2) is 0 Å². The highest BCUT2D eigenvalue weighted by molar-refractivity contribution is 5.26. The maximum absolute atomic E-state index is 5.61. The molecule has 0 radical (unpaired) electrons. The molecule has 1 aromatic carbocycles. The lowest BCUT2D eigenvalue weighted by Crippen LogP contribution is -2.19. The van der Waals surface area contributed by atoms with E-state index in [-0.39, 0.29) is 0 Å². The van der Waals surface area contributed by atoms with Gasteiger partial charge in [0.1, 0.15) is 0 Å². The van der Waals surface area contributed by atoms with E-state index in [1.165, 1.54) is 11.1 Å². The van der Waals surface area contributed by atoms with Crippen molar-refractivity contribution in [2.24, 2.45) is 5.92 Å². The number of hydrogen-bond donors (Lipinski definition) is 1. The van der Waals surface area contributed by atoms with Crippen molar-refractivity contribution >= 4 is 0 Å². The second-order valence-corrected chi connectivity index (χ2v) is 4.85. The number of nitrogens with one attached hydrogen (secondary N) is 1. The van der Waals surface area contributed by atoms with E-state index in [0.29, 0.717) is 5.92 Å². The number of hydrogen-bond acceptors (Lipinski definition) is 2. The van der Waals surface area contributed by atoms with Gasteiger partial charge in [-0.1, -0.05) is 45.0 Å². The quantitative estimate of drug-likeness (QED) is 0.698. The highest BCUT2D eigenvalue weighted by Gasteiger charge is 2.02. The highest BCUT2D eigenvalue weighted by atomic mass is 16.5. The van der Waals surface area contributed by atoms with Gasteiger partial charge in [-0.05, 0) is 30.0 Å². The summed E-state index contributed by atoms with van der Waals surface area (Å²) < 4.78 is 5.61. The van der Waals surface area contributed by atoms with Crippen molar-refractivity contribution < 1.29 is 4.74 Å². The van der Waals surface area contributed by atoms with Crippen LogP contribution >= 0.6 is 0 Å². The Morgan fingerprint density at radius 3 is 2.53 bits per heavy atom. The monoisotopic (exact) mass is 235 g/mol. The van der Waals surface area contributed by atoms with Crippen molar-refractivity contribution in [1.82, 2.24) is 5.32 Å². The highest BCUT2D eigenvalue weighted by Crippen LogP contribution is 2.10. The minimum absolute atomic E-state index is 0.693. The zero-order chi connectivity index (χ0) is 12.5. The molecule has 0 bridgehead atoms. The molecule has 0 aromatic heterocycles. The molecule has 96 valence electrons. The van der Waals surface area contributed by atoms with Crippen molar-refractivity contribution in [3.05, 3.63) is 35.4 Å². The summed E-state index contributed by atoms with van der Waals surface area (Å²) in [5.41, 5.74) is 2.65. The fourth-order valence-electron chi connectivity index (χ4n) is 1.69. The SMILES string of the molecule is CCCOCc1ccccc1CNCC(C)C. The molecule has 17 heavy (non-hydrogen) atoms. The standard InChI is InChI=1S/C15H25NO/c1-4-9-17-12-15-8-6-5-7-14(15)11-16-10-13(2)3/h5-8,13,16H,4,9-12H2,1-3H3. The first-order valence-corrected chi connectivity index (χ1v) is 6.59. The first kappa shape index (κ1) is 14.2. The Balaban J connectivity index is 2.46. The average molecular weight is 235 g/mol. The first-order chi connectivity index (χ1) is 8.24. The maximum atomic E-state index is 5.61. The van der Waals surface area contributed by atoms with Crippen LogP contribution in [0.15, 0.2) is 24.3 Å². The third-order valence-corrected chi connectivity index (χ3v) is 2.59. The Morgan fingerprint density at radius 1 is 1.18 bits per heavy atom. The van der Waals surface area contributed by atoms with Gasteiger partial charge in [-0.25, -0.2) is 0 Å². The van der Waals surface area contributed by atoms with Gasteiger partial charge in [-0.2, -0.15) is 0 Å². The van der Waals surface area contributed by atoms with Crippen LogP contribution in [-0.4, -0.2) is 13.2 Å². The molecule has 1 rings (SSSR count). The van der Waals surface area contributed by atoms with Crippen LogP contribution < -0.4 is 5.32 Å². The Kier molecular flexibility index (Phi) is 6.90. The summed E-state index contributed by atoms with van der Waals surface area (Å²) in [6.07, 6.45) is 1.08. The van der Waals surface area contributed by atoms with E-state index in [1.54, 1.807) is 0 Å². The molecule has 0 aliphatic heterocycles. The lowest BCUT2D eigenvalue weighted by atomic mass is 10.1. The predicted molar refractivity (Wildman–Crippen MR) is 72.9 cm³/mol. The van der Waals surface area contributed by atoms with Gasteiger partial charge in [0.2, 0.25) is 0 Å². The van der Waals surface area contributed by atoms with Gasteiger partial charge in [-0.15, -0.1) is 0 Å². The minimum Gasteiger partial charge on any atom is -0.377 e. The fraction of sp³-hybridized carbons (Fsp3) is 0.600. The zero-order valence-corrected chi connectivity index (χ0v) is 11.3. The fourth-order valence-corrected chi connectivity index (χ4v) is 1.69. The molecule has 0 spiro atoms. The van der Waals surface area contributed by atoms with Crippen molar-refractivity contribution in [2.75, 3.05) is 13.2 Å².